The summed E-state index contributed by atoms with van der Waals surface area (Å²) in [5.74, 6) is 0.290. The number of halogens is 1. The van der Waals surface area contributed by atoms with E-state index in [1.54, 1.807) is 16.8 Å². The van der Waals surface area contributed by atoms with Gasteiger partial charge in [0.2, 0.25) is 0 Å². The summed E-state index contributed by atoms with van der Waals surface area (Å²) in [6, 6.07) is 6.46. The number of benzene rings is 1. The number of hydrogen-bond donors (Lipinski definition) is 1. The summed E-state index contributed by atoms with van der Waals surface area (Å²) in [4.78, 5) is 12.6. The lowest BCUT2D eigenvalue weighted by Crippen LogP contribution is -2.38. The molecular weight excluding hydrogens is 335 g/mol. The van der Waals surface area contributed by atoms with Crippen molar-refractivity contribution in [2.75, 3.05) is 0 Å². The van der Waals surface area contributed by atoms with Crippen LogP contribution in [0.4, 0.5) is 4.39 Å². The highest BCUT2D eigenvalue weighted by atomic mass is 19.1. The Bertz CT molecular complexity index is 781. The molecule has 1 aliphatic heterocycles. The predicted molar refractivity (Wildman–Crippen MR) is 92.8 cm³/mol. The molecule has 26 heavy (non-hydrogen) atoms. The number of carbonyl (C=O) groups is 1. The van der Waals surface area contributed by atoms with E-state index in [4.69, 9.17) is 4.74 Å². The van der Waals surface area contributed by atoms with E-state index < -0.39 is 0 Å². The van der Waals surface area contributed by atoms with Crippen LogP contribution in [-0.2, 0) is 17.9 Å². The van der Waals surface area contributed by atoms with Crippen LogP contribution >= 0.6 is 0 Å². The van der Waals surface area contributed by atoms with Crippen LogP contribution in [0.1, 0.15) is 60.5 Å². The highest BCUT2D eigenvalue weighted by molar-refractivity contribution is 5.93. The highest BCUT2D eigenvalue weighted by Gasteiger charge is 2.29. The number of fused-ring (bicyclic) bond motifs is 1. The first-order chi connectivity index (χ1) is 12.6. The first-order valence-electron chi connectivity index (χ1n) is 9.20. The molecule has 1 saturated carbocycles. The molecule has 4 rings (SSSR count). The molecule has 2 aliphatic rings. The molecule has 1 atom stereocenters. The molecule has 1 aromatic carbocycles. The third-order valence-electron chi connectivity index (χ3n) is 5.41. The number of rotatable bonds is 3. The Hall–Kier alpha value is -2.28. The van der Waals surface area contributed by atoms with Crippen molar-refractivity contribution in [3.05, 3.63) is 47.0 Å². The van der Waals surface area contributed by atoms with Crippen molar-refractivity contribution in [3.8, 4) is 0 Å². The van der Waals surface area contributed by atoms with E-state index >= 15 is 0 Å². The van der Waals surface area contributed by atoms with Gasteiger partial charge in [0, 0.05) is 6.04 Å². The Morgan fingerprint density at radius 1 is 1.23 bits per heavy atom. The third kappa shape index (κ3) is 3.49. The van der Waals surface area contributed by atoms with Crippen molar-refractivity contribution in [2.24, 2.45) is 5.92 Å². The standard InChI is InChI=1S/C19H23FN4O2/c1-12-2-8-15(9-3-12)21-19(25)18-16-11-26-17(10-24(16)23-22-18)13-4-6-14(20)7-5-13/h4-7,12,15,17H,2-3,8-11H2,1H3,(H,21,25)/t12?,15?,17-/m0/s1. The van der Waals surface area contributed by atoms with Gasteiger partial charge in [-0.25, -0.2) is 9.07 Å². The first-order valence-corrected chi connectivity index (χ1v) is 9.20. The molecule has 0 spiro atoms. The van der Waals surface area contributed by atoms with Gasteiger partial charge in [-0.3, -0.25) is 4.79 Å². The summed E-state index contributed by atoms with van der Waals surface area (Å²) in [6.07, 6.45) is 4.10. The smallest absolute Gasteiger partial charge is 0.274 e. The van der Waals surface area contributed by atoms with Gasteiger partial charge < -0.3 is 10.1 Å². The van der Waals surface area contributed by atoms with Gasteiger partial charge in [-0.05, 0) is 49.3 Å². The van der Waals surface area contributed by atoms with Crippen molar-refractivity contribution in [1.29, 1.82) is 0 Å². The number of nitrogens with one attached hydrogen (secondary N) is 1. The van der Waals surface area contributed by atoms with Gasteiger partial charge in [-0.1, -0.05) is 24.3 Å². The van der Waals surface area contributed by atoms with E-state index in [-0.39, 0.29) is 30.5 Å². The number of aromatic nitrogens is 3. The van der Waals surface area contributed by atoms with Crippen molar-refractivity contribution in [1.82, 2.24) is 20.3 Å². The summed E-state index contributed by atoms with van der Waals surface area (Å²) in [5.41, 5.74) is 1.93. The maximum absolute atomic E-state index is 13.1. The lowest BCUT2D eigenvalue weighted by Gasteiger charge is -2.27. The fourth-order valence-corrected chi connectivity index (χ4v) is 3.73. The molecule has 138 valence electrons. The maximum atomic E-state index is 13.1. The van der Waals surface area contributed by atoms with Crippen LogP contribution in [0.25, 0.3) is 0 Å². The molecule has 1 fully saturated rings. The Kier molecular flexibility index (Phi) is 4.72. The molecular formula is C19H23FN4O2. The number of amides is 1. The van der Waals surface area contributed by atoms with Gasteiger partial charge in [-0.2, -0.15) is 0 Å². The van der Waals surface area contributed by atoms with Gasteiger partial charge >= 0.3 is 0 Å². The Morgan fingerprint density at radius 2 is 1.96 bits per heavy atom. The maximum Gasteiger partial charge on any atom is 0.274 e. The normalized spacial score (nSPS) is 25.5. The molecule has 1 N–H and O–H groups in total. The van der Waals surface area contributed by atoms with Crippen molar-refractivity contribution < 1.29 is 13.9 Å². The summed E-state index contributed by atoms with van der Waals surface area (Å²) in [7, 11) is 0. The molecule has 0 saturated heterocycles. The van der Waals surface area contributed by atoms with E-state index in [1.807, 2.05) is 0 Å². The third-order valence-corrected chi connectivity index (χ3v) is 5.41. The Labute approximate surface area is 151 Å². The topological polar surface area (TPSA) is 69.0 Å². The quantitative estimate of drug-likeness (QED) is 0.916. The lowest BCUT2D eigenvalue weighted by molar-refractivity contribution is -0.00182. The molecule has 1 amide bonds. The van der Waals surface area contributed by atoms with E-state index in [1.165, 1.54) is 12.1 Å². The van der Waals surface area contributed by atoms with Crippen LogP contribution in [0.15, 0.2) is 24.3 Å². The second-order valence-electron chi connectivity index (χ2n) is 7.35. The second kappa shape index (κ2) is 7.15. The van der Waals surface area contributed by atoms with Crippen molar-refractivity contribution in [3.63, 3.8) is 0 Å². The molecule has 0 unspecified atom stereocenters. The van der Waals surface area contributed by atoms with Gasteiger partial charge in [0.15, 0.2) is 5.69 Å². The number of carbonyl (C=O) groups excluding carboxylic acids is 1. The van der Waals surface area contributed by atoms with Crippen LogP contribution < -0.4 is 5.32 Å². The molecule has 0 bridgehead atoms. The monoisotopic (exact) mass is 358 g/mol. The largest absolute Gasteiger partial charge is 0.365 e. The molecule has 6 nitrogen and oxygen atoms in total. The minimum atomic E-state index is -0.276. The second-order valence-corrected chi connectivity index (χ2v) is 7.35. The fraction of sp³-hybridized carbons (Fsp3) is 0.526. The average molecular weight is 358 g/mol. The van der Waals surface area contributed by atoms with E-state index in [9.17, 15) is 9.18 Å². The number of hydrogen-bond acceptors (Lipinski definition) is 4. The Balaban J connectivity index is 1.43. The molecule has 1 aliphatic carbocycles. The zero-order valence-electron chi connectivity index (χ0n) is 14.8. The van der Waals surface area contributed by atoms with Gasteiger partial charge in [0.25, 0.3) is 5.91 Å². The minimum Gasteiger partial charge on any atom is -0.365 e. The van der Waals surface area contributed by atoms with Crippen LogP contribution in [0.2, 0.25) is 0 Å². The van der Waals surface area contributed by atoms with Gasteiger partial charge in [-0.15, -0.1) is 5.10 Å². The summed E-state index contributed by atoms with van der Waals surface area (Å²) in [5, 5.41) is 11.3. The molecule has 2 heterocycles. The van der Waals surface area contributed by atoms with Gasteiger partial charge in [0.05, 0.1) is 18.8 Å². The van der Waals surface area contributed by atoms with Gasteiger partial charge in [0.1, 0.15) is 11.9 Å². The zero-order chi connectivity index (χ0) is 18.1. The van der Waals surface area contributed by atoms with Crippen LogP contribution in [0.3, 0.4) is 0 Å². The van der Waals surface area contributed by atoms with Crippen molar-refractivity contribution in [2.45, 2.75) is 57.9 Å². The number of ether oxygens (including phenoxy) is 1. The highest BCUT2D eigenvalue weighted by Crippen LogP contribution is 2.28. The summed E-state index contributed by atoms with van der Waals surface area (Å²) >= 11 is 0. The SMILES string of the molecule is CC1CCC(NC(=O)c2nnn3c2CO[C@H](c2ccc(F)cc2)C3)CC1. The van der Waals surface area contributed by atoms with E-state index in [2.05, 4.69) is 22.6 Å². The molecule has 1 aromatic heterocycles. The fourth-order valence-electron chi connectivity index (χ4n) is 3.73. The molecule has 7 heteroatoms. The Morgan fingerprint density at radius 3 is 2.69 bits per heavy atom. The molecule has 0 radical (unpaired) electrons. The predicted octanol–water partition coefficient (Wildman–Crippen LogP) is 3.00. The van der Waals surface area contributed by atoms with Crippen LogP contribution in [-0.4, -0.2) is 26.9 Å². The van der Waals surface area contributed by atoms with Crippen LogP contribution in [0, 0.1) is 11.7 Å². The van der Waals surface area contributed by atoms with Crippen molar-refractivity contribution >= 4 is 5.91 Å². The number of nitrogens with zero attached hydrogens (tertiary/aromatic N) is 3. The average Bonchev–Trinajstić information content (AvgIpc) is 3.07. The summed E-state index contributed by atoms with van der Waals surface area (Å²) < 4.78 is 20.7. The van der Waals surface area contributed by atoms with E-state index in [0.717, 1.165) is 37.2 Å². The molecule has 2 aromatic rings. The summed E-state index contributed by atoms with van der Waals surface area (Å²) in [6.45, 7) is 2.98. The van der Waals surface area contributed by atoms with Crippen LogP contribution in [0.5, 0.6) is 0 Å². The first kappa shape index (κ1) is 17.1. The lowest BCUT2D eigenvalue weighted by atomic mass is 9.87. The zero-order valence-corrected chi connectivity index (χ0v) is 14.8. The van der Waals surface area contributed by atoms with E-state index in [0.29, 0.717) is 17.9 Å². The minimum absolute atomic E-state index is 0.172.